The van der Waals surface area contributed by atoms with Crippen molar-refractivity contribution in [3.05, 3.63) is 66.2 Å². The summed E-state index contributed by atoms with van der Waals surface area (Å²) in [6.45, 7) is 4.12. The second-order valence-corrected chi connectivity index (χ2v) is 8.25. The predicted molar refractivity (Wildman–Crippen MR) is 118 cm³/mol. The van der Waals surface area contributed by atoms with Gasteiger partial charge in [-0.15, -0.1) is 11.8 Å². The van der Waals surface area contributed by atoms with Gasteiger partial charge in [-0.3, -0.25) is 14.5 Å². The molecule has 0 N–H and O–H groups in total. The minimum absolute atomic E-state index is 0.00624. The number of thioether (sulfide) groups is 1. The van der Waals surface area contributed by atoms with Gasteiger partial charge in [0.25, 0.3) is 0 Å². The molecule has 2 amide bonds. The van der Waals surface area contributed by atoms with Gasteiger partial charge in [-0.25, -0.2) is 0 Å². The molecule has 0 radical (unpaired) electrons. The molecule has 0 atom stereocenters. The second kappa shape index (κ2) is 9.29. The molecular formula is C23H25N3O2S. The average Bonchev–Trinajstić information content (AvgIpc) is 2.77. The standard InChI is InChI=1S/C23H25N3O2S/c27-22(17-26-20-10-4-5-11-21(20)29-18-23(26)28)25-15-13-24(14-16-25)12-6-9-19-7-2-1-3-8-19/h1-11H,12-18H2/b9-6+. The van der Waals surface area contributed by atoms with Crippen LogP contribution in [0.4, 0.5) is 5.69 Å². The summed E-state index contributed by atoms with van der Waals surface area (Å²) in [6.07, 6.45) is 4.31. The van der Waals surface area contributed by atoms with E-state index in [9.17, 15) is 9.59 Å². The topological polar surface area (TPSA) is 43.9 Å². The van der Waals surface area contributed by atoms with Crippen LogP contribution in [0.2, 0.25) is 0 Å². The molecule has 29 heavy (non-hydrogen) atoms. The van der Waals surface area contributed by atoms with Crippen LogP contribution in [0.3, 0.4) is 0 Å². The van der Waals surface area contributed by atoms with Crippen molar-refractivity contribution < 1.29 is 9.59 Å². The van der Waals surface area contributed by atoms with Crippen LogP contribution < -0.4 is 4.90 Å². The number of carbonyl (C=O) groups is 2. The summed E-state index contributed by atoms with van der Waals surface area (Å²) in [7, 11) is 0. The number of anilines is 1. The first-order valence-corrected chi connectivity index (χ1v) is 10.9. The number of piperazine rings is 1. The van der Waals surface area contributed by atoms with Crippen LogP contribution in [0.1, 0.15) is 5.56 Å². The number of benzene rings is 2. The summed E-state index contributed by atoms with van der Waals surface area (Å²) in [6, 6.07) is 18.1. The van der Waals surface area contributed by atoms with Gasteiger partial charge in [-0.05, 0) is 17.7 Å². The predicted octanol–water partition coefficient (Wildman–Crippen LogP) is 2.98. The number of hydrogen-bond acceptors (Lipinski definition) is 4. The van der Waals surface area contributed by atoms with Gasteiger partial charge in [-0.2, -0.15) is 0 Å². The fraction of sp³-hybridized carbons (Fsp3) is 0.304. The summed E-state index contributed by atoms with van der Waals surface area (Å²) >= 11 is 1.54. The Kier molecular flexibility index (Phi) is 6.32. The van der Waals surface area contributed by atoms with Gasteiger partial charge < -0.3 is 9.80 Å². The van der Waals surface area contributed by atoms with Crippen LogP contribution >= 0.6 is 11.8 Å². The Morgan fingerprint density at radius 3 is 2.48 bits per heavy atom. The molecular weight excluding hydrogens is 382 g/mol. The molecule has 4 rings (SSSR count). The summed E-state index contributed by atoms with van der Waals surface area (Å²) < 4.78 is 0. The third kappa shape index (κ3) is 4.89. The molecule has 1 fully saturated rings. The lowest BCUT2D eigenvalue weighted by Crippen LogP contribution is -2.52. The highest BCUT2D eigenvalue weighted by molar-refractivity contribution is 8.00. The SMILES string of the molecule is O=C(CN1C(=O)CSc2ccccc21)N1CCN(C/C=C/c2ccccc2)CC1. The van der Waals surface area contributed by atoms with E-state index in [1.165, 1.54) is 5.56 Å². The maximum atomic E-state index is 12.8. The summed E-state index contributed by atoms with van der Waals surface area (Å²) in [5.41, 5.74) is 2.05. The first-order chi connectivity index (χ1) is 14.2. The van der Waals surface area contributed by atoms with Crippen molar-refractivity contribution in [1.29, 1.82) is 0 Å². The van der Waals surface area contributed by atoms with E-state index < -0.39 is 0 Å². The molecule has 6 heteroatoms. The van der Waals surface area contributed by atoms with E-state index in [1.807, 2.05) is 47.4 Å². The van der Waals surface area contributed by atoms with Crippen LogP contribution in [-0.4, -0.2) is 66.6 Å². The molecule has 0 saturated carbocycles. The smallest absolute Gasteiger partial charge is 0.242 e. The Labute approximate surface area is 176 Å². The van der Waals surface area contributed by atoms with Crippen molar-refractivity contribution in [2.45, 2.75) is 4.90 Å². The highest BCUT2D eigenvalue weighted by atomic mass is 32.2. The Morgan fingerprint density at radius 1 is 0.966 bits per heavy atom. The molecule has 0 spiro atoms. The van der Waals surface area contributed by atoms with Gasteiger partial charge in [0, 0.05) is 37.6 Å². The Balaban J connectivity index is 1.28. The highest BCUT2D eigenvalue weighted by Crippen LogP contribution is 2.34. The van der Waals surface area contributed by atoms with Crippen LogP contribution in [0.25, 0.3) is 6.08 Å². The van der Waals surface area contributed by atoms with Crippen molar-refractivity contribution in [1.82, 2.24) is 9.80 Å². The van der Waals surface area contributed by atoms with E-state index >= 15 is 0 Å². The molecule has 0 aromatic heterocycles. The van der Waals surface area contributed by atoms with Crippen LogP contribution in [0.5, 0.6) is 0 Å². The van der Waals surface area contributed by atoms with E-state index in [4.69, 9.17) is 0 Å². The van der Waals surface area contributed by atoms with E-state index in [0.29, 0.717) is 18.8 Å². The molecule has 0 aliphatic carbocycles. The number of amides is 2. The monoisotopic (exact) mass is 407 g/mol. The van der Waals surface area contributed by atoms with Gasteiger partial charge in [0.2, 0.25) is 11.8 Å². The molecule has 2 aliphatic heterocycles. The highest BCUT2D eigenvalue weighted by Gasteiger charge is 2.29. The fourth-order valence-electron chi connectivity index (χ4n) is 3.64. The average molecular weight is 408 g/mol. The zero-order valence-corrected chi connectivity index (χ0v) is 17.2. The number of fused-ring (bicyclic) bond motifs is 1. The molecule has 2 aromatic rings. The minimum Gasteiger partial charge on any atom is -0.339 e. The minimum atomic E-state index is 0.00624. The second-order valence-electron chi connectivity index (χ2n) is 7.23. The molecule has 2 aliphatic rings. The normalized spacial score (nSPS) is 17.6. The molecule has 0 bridgehead atoms. The van der Waals surface area contributed by atoms with E-state index in [-0.39, 0.29) is 18.4 Å². The van der Waals surface area contributed by atoms with Crippen molar-refractivity contribution in [2.24, 2.45) is 0 Å². The molecule has 2 aromatic carbocycles. The lowest BCUT2D eigenvalue weighted by atomic mass is 10.2. The first kappa shape index (κ1) is 19.7. The zero-order valence-electron chi connectivity index (χ0n) is 16.4. The first-order valence-electron chi connectivity index (χ1n) is 9.94. The Morgan fingerprint density at radius 2 is 1.69 bits per heavy atom. The number of para-hydroxylation sites is 1. The van der Waals surface area contributed by atoms with E-state index in [0.717, 1.165) is 30.2 Å². The van der Waals surface area contributed by atoms with Crippen LogP contribution in [0.15, 0.2) is 65.6 Å². The molecule has 1 saturated heterocycles. The largest absolute Gasteiger partial charge is 0.339 e. The van der Waals surface area contributed by atoms with Crippen molar-refractivity contribution in [3.63, 3.8) is 0 Å². The third-order valence-electron chi connectivity index (χ3n) is 5.30. The number of carbonyl (C=O) groups excluding carboxylic acids is 2. The summed E-state index contributed by atoms with van der Waals surface area (Å²) in [5.74, 6) is 0.428. The summed E-state index contributed by atoms with van der Waals surface area (Å²) in [4.78, 5) is 32.1. The maximum Gasteiger partial charge on any atom is 0.242 e. The molecule has 2 heterocycles. The molecule has 5 nitrogen and oxygen atoms in total. The van der Waals surface area contributed by atoms with Crippen molar-refractivity contribution >= 4 is 35.3 Å². The van der Waals surface area contributed by atoms with E-state index in [2.05, 4.69) is 29.2 Å². The quantitative estimate of drug-likeness (QED) is 0.764. The zero-order chi connectivity index (χ0) is 20.1. The number of nitrogens with zero attached hydrogens (tertiary/aromatic N) is 3. The van der Waals surface area contributed by atoms with Crippen molar-refractivity contribution in [2.75, 3.05) is 49.9 Å². The lowest BCUT2D eigenvalue weighted by molar-refractivity contribution is -0.132. The number of rotatable bonds is 5. The molecule has 150 valence electrons. The number of hydrogen-bond donors (Lipinski definition) is 0. The van der Waals surface area contributed by atoms with Gasteiger partial charge in [0.15, 0.2) is 0 Å². The van der Waals surface area contributed by atoms with Gasteiger partial charge in [-0.1, -0.05) is 54.6 Å². The maximum absolute atomic E-state index is 12.8. The Bertz CT molecular complexity index is 892. The van der Waals surface area contributed by atoms with E-state index in [1.54, 1.807) is 16.7 Å². The lowest BCUT2D eigenvalue weighted by Gasteiger charge is -2.36. The van der Waals surface area contributed by atoms with Crippen molar-refractivity contribution in [3.8, 4) is 0 Å². The Hall–Kier alpha value is -2.57. The molecule has 0 unspecified atom stereocenters. The van der Waals surface area contributed by atoms with Gasteiger partial charge >= 0.3 is 0 Å². The van der Waals surface area contributed by atoms with Gasteiger partial charge in [0.1, 0.15) is 6.54 Å². The van der Waals surface area contributed by atoms with Crippen LogP contribution in [0, 0.1) is 0 Å². The van der Waals surface area contributed by atoms with Crippen LogP contribution in [-0.2, 0) is 9.59 Å². The van der Waals surface area contributed by atoms with Gasteiger partial charge in [0.05, 0.1) is 11.4 Å². The fourth-order valence-corrected chi connectivity index (χ4v) is 4.58. The summed E-state index contributed by atoms with van der Waals surface area (Å²) in [5, 5.41) is 0. The third-order valence-corrected chi connectivity index (χ3v) is 6.35.